The van der Waals surface area contributed by atoms with Crippen LogP contribution in [0.4, 0.5) is 4.79 Å². The molecule has 1 atom stereocenters. The molecule has 3 amide bonds. The highest BCUT2D eigenvalue weighted by Gasteiger charge is 2.25. The van der Waals surface area contributed by atoms with Gasteiger partial charge in [-0.3, -0.25) is 14.9 Å². The first-order valence-electron chi connectivity index (χ1n) is 6.38. The Morgan fingerprint density at radius 1 is 1.45 bits per heavy atom. The summed E-state index contributed by atoms with van der Waals surface area (Å²) in [6.45, 7) is 1.44. The fourth-order valence-corrected chi connectivity index (χ4v) is 2.20. The Bertz CT molecular complexity index is 496. The van der Waals surface area contributed by atoms with Gasteiger partial charge in [0.2, 0.25) is 0 Å². The third kappa shape index (κ3) is 4.65. The summed E-state index contributed by atoms with van der Waals surface area (Å²) in [5.41, 5.74) is 0. The lowest BCUT2D eigenvalue weighted by Gasteiger charge is -2.12. The van der Waals surface area contributed by atoms with E-state index < -0.39 is 24.0 Å². The number of thiophene rings is 1. The Balaban J connectivity index is 1.72. The number of hydrogen-bond acceptors (Lipinski definition) is 5. The van der Waals surface area contributed by atoms with E-state index in [-0.39, 0.29) is 12.5 Å². The largest absolute Gasteiger partial charge is 0.452 e. The summed E-state index contributed by atoms with van der Waals surface area (Å²) in [4.78, 5) is 35.5. The number of carbonyl (C=O) groups excluding carboxylic acids is 3. The first kappa shape index (κ1) is 14.5. The van der Waals surface area contributed by atoms with Crippen molar-refractivity contribution in [2.45, 2.75) is 38.3 Å². The third-order valence-corrected chi connectivity index (χ3v) is 3.60. The molecule has 20 heavy (non-hydrogen) atoms. The van der Waals surface area contributed by atoms with Crippen LogP contribution in [-0.4, -0.2) is 30.1 Å². The topological polar surface area (TPSA) is 84.5 Å². The lowest BCUT2D eigenvalue weighted by atomic mass is 10.3. The Morgan fingerprint density at radius 3 is 2.80 bits per heavy atom. The number of ether oxygens (including phenoxy) is 1. The zero-order valence-corrected chi connectivity index (χ0v) is 11.9. The van der Waals surface area contributed by atoms with E-state index >= 15 is 0 Å². The number of imide groups is 1. The Kier molecular flexibility index (Phi) is 4.73. The monoisotopic (exact) mass is 296 g/mol. The number of amides is 3. The van der Waals surface area contributed by atoms with Gasteiger partial charge in [0, 0.05) is 10.9 Å². The van der Waals surface area contributed by atoms with Crippen LogP contribution in [-0.2, 0) is 20.7 Å². The molecule has 1 aromatic heterocycles. The molecule has 1 saturated carbocycles. The van der Waals surface area contributed by atoms with Gasteiger partial charge in [0.05, 0.1) is 6.42 Å². The summed E-state index contributed by atoms with van der Waals surface area (Å²) < 4.78 is 4.98. The summed E-state index contributed by atoms with van der Waals surface area (Å²) in [6.07, 6.45) is 1.01. The highest BCUT2D eigenvalue weighted by molar-refractivity contribution is 7.10. The van der Waals surface area contributed by atoms with Gasteiger partial charge in [-0.15, -0.1) is 11.3 Å². The Labute approximate surface area is 120 Å². The third-order valence-electron chi connectivity index (χ3n) is 2.73. The molecule has 1 aromatic rings. The maximum Gasteiger partial charge on any atom is 0.321 e. The van der Waals surface area contributed by atoms with Crippen molar-refractivity contribution in [2.75, 3.05) is 0 Å². The van der Waals surface area contributed by atoms with Crippen LogP contribution in [0.5, 0.6) is 0 Å². The lowest BCUT2D eigenvalue weighted by molar-refractivity contribution is -0.153. The van der Waals surface area contributed by atoms with E-state index in [2.05, 4.69) is 10.6 Å². The number of rotatable bonds is 5. The first-order valence-corrected chi connectivity index (χ1v) is 7.26. The van der Waals surface area contributed by atoms with Gasteiger partial charge >= 0.3 is 12.0 Å². The van der Waals surface area contributed by atoms with Crippen molar-refractivity contribution in [3.8, 4) is 0 Å². The van der Waals surface area contributed by atoms with Gasteiger partial charge in [-0.25, -0.2) is 4.79 Å². The molecule has 0 saturated heterocycles. The van der Waals surface area contributed by atoms with Gasteiger partial charge in [0.15, 0.2) is 6.10 Å². The molecule has 6 nitrogen and oxygen atoms in total. The normalized spacial score (nSPS) is 15.2. The minimum atomic E-state index is -0.993. The van der Waals surface area contributed by atoms with Crippen LogP contribution in [0.2, 0.25) is 0 Å². The molecule has 0 spiro atoms. The van der Waals surface area contributed by atoms with E-state index in [1.807, 2.05) is 17.5 Å². The van der Waals surface area contributed by atoms with Gasteiger partial charge in [-0.05, 0) is 31.2 Å². The van der Waals surface area contributed by atoms with E-state index in [0.29, 0.717) is 0 Å². The van der Waals surface area contributed by atoms with Crippen LogP contribution in [0, 0.1) is 0 Å². The molecule has 2 N–H and O–H groups in total. The lowest BCUT2D eigenvalue weighted by Crippen LogP contribution is -2.45. The van der Waals surface area contributed by atoms with Gasteiger partial charge < -0.3 is 10.1 Å². The summed E-state index contributed by atoms with van der Waals surface area (Å²) in [6, 6.07) is 3.28. The SMILES string of the molecule is CC(OC(=O)Cc1cccs1)C(=O)NC(=O)NC1CC1. The molecular weight excluding hydrogens is 280 g/mol. The van der Waals surface area contributed by atoms with E-state index in [1.54, 1.807) is 0 Å². The highest BCUT2D eigenvalue weighted by Crippen LogP contribution is 2.18. The van der Waals surface area contributed by atoms with Crippen molar-refractivity contribution in [3.63, 3.8) is 0 Å². The van der Waals surface area contributed by atoms with E-state index in [1.165, 1.54) is 18.3 Å². The van der Waals surface area contributed by atoms with Crippen LogP contribution in [0.15, 0.2) is 17.5 Å². The smallest absolute Gasteiger partial charge is 0.321 e. The number of nitrogens with one attached hydrogen (secondary N) is 2. The molecule has 0 aromatic carbocycles. The second kappa shape index (κ2) is 6.51. The summed E-state index contributed by atoms with van der Waals surface area (Å²) in [5, 5.41) is 6.63. The minimum absolute atomic E-state index is 0.129. The zero-order valence-electron chi connectivity index (χ0n) is 11.0. The summed E-state index contributed by atoms with van der Waals surface area (Å²) >= 11 is 1.45. The molecule has 1 aliphatic carbocycles. The predicted octanol–water partition coefficient (Wildman–Crippen LogP) is 1.21. The average molecular weight is 296 g/mol. The van der Waals surface area contributed by atoms with Crippen LogP contribution < -0.4 is 10.6 Å². The molecular formula is C13H16N2O4S. The van der Waals surface area contributed by atoms with Crippen molar-refractivity contribution >= 4 is 29.2 Å². The molecule has 1 fully saturated rings. The van der Waals surface area contributed by atoms with Crippen LogP contribution >= 0.6 is 11.3 Å². The predicted molar refractivity (Wildman–Crippen MR) is 73.3 cm³/mol. The minimum Gasteiger partial charge on any atom is -0.452 e. The van der Waals surface area contributed by atoms with Crippen LogP contribution in [0.1, 0.15) is 24.6 Å². The second-order valence-corrected chi connectivity index (χ2v) is 5.66. The van der Waals surface area contributed by atoms with Crippen molar-refractivity contribution in [2.24, 2.45) is 0 Å². The van der Waals surface area contributed by atoms with Crippen LogP contribution in [0.3, 0.4) is 0 Å². The molecule has 2 rings (SSSR count). The molecule has 7 heteroatoms. The van der Waals surface area contributed by atoms with E-state index in [0.717, 1.165) is 17.7 Å². The quantitative estimate of drug-likeness (QED) is 0.800. The summed E-state index contributed by atoms with van der Waals surface area (Å²) in [7, 11) is 0. The van der Waals surface area contributed by atoms with Gasteiger partial charge in [-0.2, -0.15) is 0 Å². The first-order chi connectivity index (χ1) is 9.54. The Morgan fingerprint density at radius 2 is 2.20 bits per heavy atom. The average Bonchev–Trinajstić information content (AvgIpc) is 3.03. The van der Waals surface area contributed by atoms with Crippen molar-refractivity contribution in [3.05, 3.63) is 22.4 Å². The maximum atomic E-state index is 11.6. The maximum absolute atomic E-state index is 11.6. The standard InChI is InChI=1S/C13H16N2O4S/c1-8(12(17)15-13(18)14-9-4-5-9)19-11(16)7-10-3-2-6-20-10/h2-3,6,8-9H,4-5,7H2,1H3,(H2,14,15,17,18). The molecule has 108 valence electrons. The molecule has 1 unspecified atom stereocenters. The highest BCUT2D eigenvalue weighted by atomic mass is 32.1. The zero-order chi connectivity index (χ0) is 14.5. The number of hydrogen-bond donors (Lipinski definition) is 2. The molecule has 0 bridgehead atoms. The van der Waals surface area contributed by atoms with E-state index in [9.17, 15) is 14.4 Å². The molecule has 0 aliphatic heterocycles. The summed E-state index contributed by atoms with van der Waals surface area (Å²) in [5.74, 6) is -1.11. The number of esters is 1. The van der Waals surface area contributed by atoms with Crippen molar-refractivity contribution in [1.82, 2.24) is 10.6 Å². The fraction of sp³-hybridized carbons (Fsp3) is 0.462. The number of carbonyl (C=O) groups is 3. The molecule has 1 heterocycles. The number of urea groups is 1. The second-order valence-electron chi connectivity index (χ2n) is 4.63. The van der Waals surface area contributed by atoms with Gasteiger partial charge in [0.25, 0.3) is 5.91 Å². The molecule has 1 aliphatic rings. The van der Waals surface area contributed by atoms with E-state index in [4.69, 9.17) is 4.74 Å². The van der Waals surface area contributed by atoms with Crippen LogP contribution in [0.25, 0.3) is 0 Å². The van der Waals surface area contributed by atoms with Crippen molar-refractivity contribution in [1.29, 1.82) is 0 Å². The van der Waals surface area contributed by atoms with Gasteiger partial charge in [0.1, 0.15) is 0 Å². The molecule has 0 radical (unpaired) electrons. The Hall–Kier alpha value is -1.89. The van der Waals surface area contributed by atoms with Crippen molar-refractivity contribution < 1.29 is 19.1 Å². The van der Waals surface area contributed by atoms with Gasteiger partial charge in [-0.1, -0.05) is 6.07 Å². The fourth-order valence-electron chi connectivity index (χ4n) is 1.51.